The van der Waals surface area contributed by atoms with Crippen molar-refractivity contribution in [3.8, 4) is 0 Å². The van der Waals surface area contributed by atoms with Gasteiger partial charge in [-0.1, -0.05) is 18.2 Å². The minimum absolute atomic E-state index is 0.105. The van der Waals surface area contributed by atoms with E-state index in [0.717, 1.165) is 6.07 Å². The van der Waals surface area contributed by atoms with Crippen LogP contribution in [0.15, 0.2) is 30.3 Å². The highest BCUT2D eigenvalue weighted by atomic mass is 19.4. The summed E-state index contributed by atoms with van der Waals surface area (Å²) in [6.07, 6.45) is -2.36. The SMILES string of the molecule is O=C1C=C(c2ccccc2C(F)(F)F)CC1. The highest BCUT2D eigenvalue weighted by Gasteiger charge is 2.34. The first-order valence-electron chi connectivity index (χ1n) is 4.88. The summed E-state index contributed by atoms with van der Waals surface area (Å²) >= 11 is 0. The second-order valence-electron chi connectivity index (χ2n) is 3.68. The lowest BCUT2D eigenvalue weighted by Gasteiger charge is -2.12. The molecule has 0 N–H and O–H groups in total. The third-order valence-electron chi connectivity index (χ3n) is 2.55. The molecule has 0 heterocycles. The number of benzene rings is 1. The topological polar surface area (TPSA) is 17.1 Å². The van der Waals surface area contributed by atoms with Crippen LogP contribution in [0.4, 0.5) is 13.2 Å². The molecule has 0 atom stereocenters. The van der Waals surface area contributed by atoms with Gasteiger partial charge in [0.1, 0.15) is 0 Å². The number of allylic oxidation sites excluding steroid dienone is 2. The lowest BCUT2D eigenvalue weighted by molar-refractivity contribution is -0.137. The normalized spacial score (nSPS) is 16.4. The zero-order valence-electron chi connectivity index (χ0n) is 8.34. The summed E-state index contributed by atoms with van der Waals surface area (Å²) < 4.78 is 38.1. The Bertz CT molecular complexity index is 458. The maximum Gasteiger partial charge on any atom is 0.416 e. The molecule has 1 aliphatic carbocycles. The van der Waals surface area contributed by atoms with Gasteiger partial charge in [-0.25, -0.2) is 0 Å². The van der Waals surface area contributed by atoms with Crippen LogP contribution in [0.1, 0.15) is 24.0 Å². The van der Waals surface area contributed by atoms with E-state index >= 15 is 0 Å². The molecule has 0 spiro atoms. The molecule has 0 aliphatic heterocycles. The van der Waals surface area contributed by atoms with Crippen LogP contribution < -0.4 is 0 Å². The average molecular weight is 226 g/mol. The molecule has 1 aromatic carbocycles. The van der Waals surface area contributed by atoms with Gasteiger partial charge in [0, 0.05) is 6.42 Å². The molecule has 0 fully saturated rings. The number of hydrogen-bond acceptors (Lipinski definition) is 1. The van der Waals surface area contributed by atoms with Gasteiger partial charge < -0.3 is 0 Å². The van der Waals surface area contributed by atoms with Crippen molar-refractivity contribution in [2.45, 2.75) is 19.0 Å². The summed E-state index contributed by atoms with van der Waals surface area (Å²) in [5.74, 6) is -0.105. The lowest BCUT2D eigenvalue weighted by Crippen LogP contribution is -2.08. The Kier molecular flexibility index (Phi) is 2.58. The predicted octanol–water partition coefficient (Wildman–Crippen LogP) is 3.45. The second-order valence-corrected chi connectivity index (χ2v) is 3.68. The first-order valence-corrected chi connectivity index (χ1v) is 4.88. The Morgan fingerprint density at radius 1 is 1.06 bits per heavy atom. The van der Waals surface area contributed by atoms with Crippen LogP contribution in [0.5, 0.6) is 0 Å². The smallest absolute Gasteiger partial charge is 0.295 e. The quantitative estimate of drug-likeness (QED) is 0.716. The summed E-state index contributed by atoms with van der Waals surface area (Å²) in [6, 6.07) is 5.35. The molecule has 84 valence electrons. The number of rotatable bonds is 1. The van der Waals surface area contributed by atoms with Crippen molar-refractivity contribution in [2.75, 3.05) is 0 Å². The Balaban J connectivity index is 2.49. The van der Waals surface area contributed by atoms with Crippen molar-refractivity contribution < 1.29 is 18.0 Å². The Hall–Kier alpha value is -1.58. The largest absolute Gasteiger partial charge is 0.416 e. The molecule has 1 aliphatic rings. The molecule has 0 radical (unpaired) electrons. The van der Waals surface area contributed by atoms with Crippen molar-refractivity contribution in [1.82, 2.24) is 0 Å². The third-order valence-corrected chi connectivity index (χ3v) is 2.55. The number of hydrogen-bond donors (Lipinski definition) is 0. The minimum Gasteiger partial charge on any atom is -0.295 e. The molecule has 0 amide bonds. The monoisotopic (exact) mass is 226 g/mol. The van der Waals surface area contributed by atoms with Crippen LogP contribution in [0.2, 0.25) is 0 Å². The van der Waals surface area contributed by atoms with Crippen LogP contribution in [0.3, 0.4) is 0 Å². The molecule has 0 unspecified atom stereocenters. The number of carbonyl (C=O) groups excluding carboxylic acids is 1. The van der Waals surface area contributed by atoms with Gasteiger partial charge >= 0.3 is 6.18 Å². The Morgan fingerprint density at radius 2 is 1.75 bits per heavy atom. The summed E-state index contributed by atoms with van der Waals surface area (Å²) in [7, 11) is 0. The van der Waals surface area contributed by atoms with Gasteiger partial charge in [0.05, 0.1) is 5.56 Å². The van der Waals surface area contributed by atoms with Crippen molar-refractivity contribution >= 4 is 11.4 Å². The van der Waals surface area contributed by atoms with Crippen molar-refractivity contribution in [2.24, 2.45) is 0 Å². The summed E-state index contributed by atoms with van der Waals surface area (Å²) in [6.45, 7) is 0. The predicted molar refractivity (Wildman–Crippen MR) is 53.7 cm³/mol. The van der Waals surface area contributed by atoms with E-state index in [1.807, 2.05) is 0 Å². The molecule has 4 heteroatoms. The van der Waals surface area contributed by atoms with E-state index in [0.29, 0.717) is 18.4 Å². The Morgan fingerprint density at radius 3 is 2.31 bits per heavy atom. The maximum atomic E-state index is 12.7. The first-order chi connectivity index (χ1) is 7.48. The molecular formula is C12H9F3O. The minimum atomic E-state index is -4.37. The molecule has 1 aromatic rings. The molecule has 2 rings (SSSR count). The van der Waals surface area contributed by atoms with Gasteiger partial charge in [0.25, 0.3) is 0 Å². The molecule has 16 heavy (non-hydrogen) atoms. The average Bonchev–Trinajstić information content (AvgIpc) is 2.64. The van der Waals surface area contributed by atoms with Crippen molar-refractivity contribution in [3.05, 3.63) is 41.5 Å². The molecular weight excluding hydrogens is 217 g/mol. The number of carbonyl (C=O) groups is 1. The van der Waals surface area contributed by atoms with Crippen LogP contribution in [-0.2, 0) is 11.0 Å². The standard InChI is InChI=1S/C12H9F3O/c13-12(14,15)11-4-2-1-3-10(11)8-5-6-9(16)7-8/h1-4,7H,5-6H2. The summed E-state index contributed by atoms with van der Waals surface area (Å²) in [5, 5.41) is 0. The van der Waals surface area contributed by atoms with Crippen LogP contribution in [0.25, 0.3) is 5.57 Å². The molecule has 0 bridgehead atoms. The second kappa shape index (κ2) is 3.77. The van der Waals surface area contributed by atoms with E-state index < -0.39 is 11.7 Å². The van der Waals surface area contributed by atoms with E-state index in [-0.39, 0.29) is 11.3 Å². The van der Waals surface area contributed by atoms with Gasteiger partial charge in [-0.05, 0) is 29.7 Å². The number of alkyl halides is 3. The van der Waals surface area contributed by atoms with Crippen molar-refractivity contribution in [1.29, 1.82) is 0 Å². The fourth-order valence-corrected chi connectivity index (χ4v) is 1.82. The van der Waals surface area contributed by atoms with E-state index in [4.69, 9.17) is 0 Å². The fraction of sp³-hybridized carbons (Fsp3) is 0.250. The van der Waals surface area contributed by atoms with Crippen LogP contribution in [0, 0.1) is 0 Å². The molecule has 0 aromatic heterocycles. The number of halogens is 3. The summed E-state index contributed by atoms with van der Waals surface area (Å²) in [5.41, 5.74) is -0.0604. The van der Waals surface area contributed by atoms with E-state index in [1.54, 1.807) is 6.07 Å². The zero-order valence-corrected chi connectivity index (χ0v) is 8.34. The van der Waals surface area contributed by atoms with Crippen LogP contribution >= 0.6 is 0 Å². The highest BCUT2D eigenvalue weighted by molar-refractivity contribution is 6.01. The highest BCUT2D eigenvalue weighted by Crippen LogP contribution is 2.37. The van der Waals surface area contributed by atoms with Gasteiger partial charge in [0.2, 0.25) is 0 Å². The first kappa shape index (κ1) is 10.9. The van der Waals surface area contributed by atoms with Gasteiger partial charge in [-0.3, -0.25) is 4.79 Å². The maximum absolute atomic E-state index is 12.7. The fourth-order valence-electron chi connectivity index (χ4n) is 1.82. The Labute approximate surface area is 90.6 Å². The van der Waals surface area contributed by atoms with E-state index in [2.05, 4.69) is 0 Å². The molecule has 1 nitrogen and oxygen atoms in total. The number of ketones is 1. The van der Waals surface area contributed by atoms with E-state index in [1.165, 1.54) is 18.2 Å². The van der Waals surface area contributed by atoms with Gasteiger partial charge in [0.15, 0.2) is 5.78 Å². The summed E-state index contributed by atoms with van der Waals surface area (Å²) in [4.78, 5) is 11.0. The zero-order chi connectivity index (χ0) is 11.8. The van der Waals surface area contributed by atoms with Gasteiger partial charge in [-0.2, -0.15) is 13.2 Å². The molecule has 0 saturated carbocycles. The lowest BCUT2D eigenvalue weighted by atomic mass is 9.99. The third kappa shape index (κ3) is 2.01. The van der Waals surface area contributed by atoms with Crippen LogP contribution in [-0.4, -0.2) is 5.78 Å². The van der Waals surface area contributed by atoms with Gasteiger partial charge in [-0.15, -0.1) is 0 Å². The van der Waals surface area contributed by atoms with E-state index in [9.17, 15) is 18.0 Å². The molecule has 0 saturated heterocycles. The van der Waals surface area contributed by atoms with Crippen molar-refractivity contribution in [3.63, 3.8) is 0 Å².